The molecule has 26 heavy (non-hydrogen) atoms. The molecule has 4 heteroatoms. The monoisotopic (exact) mass is 346 g/mol. The number of aliphatic hydroxyl groups is 1. The minimum absolute atomic E-state index is 0.0749. The Kier molecular flexibility index (Phi) is 4.21. The lowest BCUT2D eigenvalue weighted by molar-refractivity contribution is -0.133. The highest BCUT2D eigenvalue weighted by Crippen LogP contribution is 2.35. The van der Waals surface area contributed by atoms with Crippen LogP contribution in [-0.2, 0) is 10.4 Å². The third-order valence-corrected chi connectivity index (χ3v) is 5.44. The topological polar surface area (TPSA) is 53.4 Å². The summed E-state index contributed by atoms with van der Waals surface area (Å²) < 4.78 is 0. The van der Waals surface area contributed by atoms with E-state index in [4.69, 9.17) is 0 Å². The number of rotatable bonds is 2. The molecule has 1 fully saturated rings. The molecule has 2 heterocycles. The number of likely N-dealkylation sites (tertiary alicyclic amines) is 1. The molecule has 0 bridgehead atoms. The summed E-state index contributed by atoms with van der Waals surface area (Å²) in [6.07, 6.45) is 4.90. The third-order valence-electron chi connectivity index (χ3n) is 5.44. The van der Waals surface area contributed by atoms with Crippen molar-refractivity contribution in [3.63, 3.8) is 0 Å². The van der Waals surface area contributed by atoms with Crippen molar-refractivity contribution in [3.8, 4) is 11.1 Å². The van der Waals surface area contributed by atoms with E-state index < -0.39 is 5.60 Å². The highest BCUT2D eigenvalue weighted by atomic mass is 16.3. The lowest BCUT2D eigenvalue weighted by Gasteiger charge is -2.38. The van der Waals surface area contributed by atoms with Crippen LogP contribution < -0.4 is 0 Å². The number of benzene rings is 2. The number of hydrogen-bond donors (Lipinski definition) is 1. The van der Waals surface area contributed by atoms with Gasteiger partial charge in [-0.25, -0.2) is 0 Å². The van der Waals surface area contributed by atoms with Crippen LogP contribution in [0.1, 0.15) is 25.3 Å². The fourth-order valence-corrected chi connectivity index (χ4v) is 3.79. The second kappa shape index (κ2) is 6.54. The first-order valence-electron chi connectivity index (χ1n) is 8.98. The van der Waals surface area contributed by atoms with E-state index in [0.717, 1.165) is 22.1 Å². The number of hydrogen-bond acceptors (Lipinski definition) is 3. The zero-order valence-corrected chi connectivity index (χ0v) is 14.9. The van der Waals surface area contributed by atoms with E-state index in [1.807, 2.05) is 48.8 Å². The number of carbonyl (C=O) groups is 1. The van der Waals surface area contributed by atoms with Gasteiger partial charge < -0.3 is 10.0 Å². The van der Waals surface area contributed by atoms with Crippen LogP contribution in [0, 0.1) is 0 Å². The summed E-state index contributed by atoms with van der Waals surface area (Å²) in [5.41, 5.74) is 2.23. The Hall–Kier alpha value is -2.72. The van der Waals surface area contributed by atoms with Crippen LogP contribution in [0.15, 0.2) is 60.9 Å². The summed E-state index contributed by atoms with van der Waals surface area (Å²) in [7, 11) is 0. The Morgan fingerprint density at radius 3 is 2.42 bits per heavy atom. The summed E-state index contributed by atoms with van der Waals surface area (Å²) in [5.74, 6) is 0.0749. The number of aromatic nitrogens is 1. The quantitative estimate of drug-likeness (QED) is 0.769. The minimum atomic E-state index is -0.860. The molecule has 0 spiro atoms. The Morgan fingerprint density at radius 2 is 1.73 bits per heavy atom. The second-order valence-electron chi connectivity index (χ2n) is 7.02. The molecule has 132 valence electrons. The maximum atomic E-state index is 11.5. The van der Waals surface area contributed by atoms with Gasteiger partial charge in [-0.2, -0.15) is 0 Å². The van der Waals surface area contributed by atoms with Gasteiger partial charge in [0.15, 0.2) is 0 Å². The highest BCUT2D eigenvalue weighted by molar-refractivity contribution is 5.95. The van der Waals surface area contributed by atoms with Crippen LogP contribution in [0.25, 0.3) is 21.9 Å². The number of amides is 1. The van der Waals surface area contributed by atoms with Crippen molar-refractivity contribution >= 4 is 16.7 Å². The fraction of sp³-hybridized carbons (Fsp3) is 0.273. The van der Waals surface area contributed by atoms with Crippen molar-refractivity contribution in [2.45, 2.75) is 25.4 Å². The molecule has 0 saturated carbocycles. The standard InChI is InChI=1S/C22H22N2O2/c1-16(25)24-12-10-22(26,11-13-24)19-8-6-17(7-9-19)21-15-23-14-18-4-2-3-5-20(18)21/h2-9,14-15,26H,10-13H2,1H3. The Morgan fingerprint density at radius 1 is 1.04 bits per heavy atom. The number of fused-ring (bicyclic) bond motifs is 1. The zero-order chi connectivity index (χ0) is 18.1. The molecule has 1 saturated heterocycles. The first-order valence-corrected chi connectivity index (χ1v) is 8.98. The molecule has 0 radical (unpaired) electrons. The summed E-state index contributed by atoms with van der Waals surface area (Å²) >= 11 is 0. The van der Waals surface area contributed by atoms with Crippen LogP contribution in [0.5, 0.6) is 0 Å². The van der Waals surface area contributed by atoms with Gasteiger partial charge in [-0.15, -0.1) is 0 Å². The van der Waals surface area contributed by atoms with E-state index in [1.165, 1.54) is 5.39 Å². The predicted octanol–water partition coefficient (Wildman–Crippen LogP) is 3.73. The Balaban J connectivity index is 1.62. The van der Waals surface area contributed by atoms with Crippen LogP contribution in [0.2, 0.25) is 0 Å². The molecule has 0 atom stereocenters. The van der Waals surface area contributed by atoms with E-state index in [9.17, 15) is 9.90 Å². The van der Waals surface area contributed by atoms with Crippen molar-refractivity contribution in [3.05, 3.63) is 66.5 Å². The summed E-state index contributed by atoms with van der Waals surface area (Å²) in [4.78, 5) is 17.6. The Labute approximate surface area is 153 Å². The summed E-state index contributed by atoms with van der Waals surface area (Å²) in [5, 5.41) is 13.3. The Bertz CT molecular complexity index is 937. The average molecular weight is 346 g/mol. The van der Waals surface area contributed by atoms with Crippen molar-refractivity contribution in [2.75, 3.05) is 13.1 Å². The lowest BCUT2D eigenvalue weighted by atomic mass is 9.83. The van der Waals surface area contributed by atoms with Crippen LogP contribution >= 0.6 is 0 Å². The molecule has 2 aromatic carbocycles. The molecule has 3 aromatic rings. The maximum absolute atomic E-state index is 11.5. The molecule has 1 aromatic heterocycles. The molecular weight excluding hydrogens is 324 g/mol. The first kappa shape index (κ1) is 16.7. The second-order valence-corrected chi connectivity index (χ2v) is 7.02. The van der Waals surface area contributed by atoms with Gasteiger partial charge in [-0.1, -0.05) is 48.5 Å². The molecule has 1 N–H and O–H groups in total. The average Bonchev–Trinajstić information content (AvgIpc) is 2.68. The van der Waals surface area contributed by atoms with Gasteiger partial charge >= 0.3 is 0 Å². The van der Waals surface area contributed by atoms with Gasteiger partial charge in [-0.05, 0) is 29.4 Å². The van der Waals surface area contributed by atoms with Crippen molar-refractivity contribution < 1.29 is 9.90 Å². The van der Waals surface area contributed by atoms with Crippen molar-refractivity contribution in [2.24, 2.45) is 0 Å². The summed E-state index contributed by atoms with van der Waals surface area (Å²) in [6.45, 7) is 2.78. The smallest absolute Gasteiger partial charge is 0.219 e. The van der Waals surface area contributed by atoms with Gasteiger partial charge in [0.25, 0.3) is 0 Å². The zero-order valence-electron chi connectivity index (χ0n) is 14.9. The molecule has 4 nitrogen and oxygen atoms in total. The highest BCUT2D eigenvalue weighted by Gasteiger charge is 2.34. The van der Waals surface area contributed by atoms with Crippen molar-refractivity contribution in [1.29, 1.82) is 0 Å². The number of carbonyl (C=O) groups excluding carboxylic acids is 1. The van der Waals surface area contributed by atoms with Crippen LogP contribution in [0.4, 0.5) is 0 Å². The van der Waals surface area contributed by atoms with E-state index in [2.05, 4.69) is 17.1 Å². The molecule has 4 rings (SSSR count). The molecule has 1 aliphatic rings. The SMILES string of the molecule is CC(=O)N1CCC(O)(c2ccc(-c3cncc4ccccc34)cc2)CC1. The number of nitrogens with zero attached hydrogens (tertiary/aromatic N) is 2. The van der Waals surface area contributed by atoms with E-state index in [1.54, 1.807) is 11.8 Å². The number of pyridine rings is 1. The predicted molar refractivity (Wildman–Crippen MR) is 103 cm³/mol. The van der Waals surface area contributed by atoms with Crippen molar-refractivity contribution in [1.82, 2.24) is 9.88 Å². The lowest BCUT2D eigenvalue weighted by Crippen LogP contribution is -2.44. The van der Waals surface area contributed by atoms with E-state index in [0.29, 0.717) is 25.9 Å². The fourth-order valence-electron chi connectivity index (χ4n) is 3.79. The van der Waals surface area contributed by atoms with Gasteiger partial charge in [0.2, 0.25) is 5.91 Å². The molecule has 1 amide bonds. The normalized spacial score (nSPS) is 16.6. The molecule has 0 aliphatic carbocycles. The van der Waals surface area contributed by atoms with Gasteiger partial charge in [0, 0.05) is 43.4 Å². The molecular formula is C22H22N2O2. The van der Waals surface area contributed by atoms with Crippen LogP contribution in [0.3, 0.4) is 0 Å². The number of piperidine rings is 1. The van der Waals surface area contributed by atoms with E-state index >= 15 is 0 Å². The largest absolute Gasteiger partial charge is 0.385 e. The first-order chi connectivity index (χ1) is 12.6. The van der Waals surface area contributed by atoms with Gasteiger partial charge in [0.05, 0.1) is 5.60 Å². The van der Waals surface area contributed by atoms with Gasteiger partial charge in [0.1, 0.15) is 0 Å². The maximum Gasteiger partial charge on any atom is 0.219 e. The van der Waals surface area contributed by atoms with Crippen LogP contribution in [-0.4, -0.2) is 34.0 Å². The minimum Gasteiger partial charge on any atom is -0.385 e. The van der Waals surface area contributed by atoms with E-state index in [-0.39, 0.29) is 5.91 Å². The summed E-state index contributed by atoms with van der Waals surface area (Å²) in [6, 6.07) is 16.3. The third kappa shape index (κ3) is 2.97. The molecule has 0 unspecified atom stereocenters. The van der Waals surface area contributed by atoms with Gasteiger partial charge in [-0.3, -0.25) is 9.78 Å². The molecule has 1 aliphatic heterocycles.